The summed E-state index contributed by atoms with van der Waals surface area (Å²) < 4.78 is 0. The fourth-order valence-corrected chi connectivity index (χ4v) is 1.92. The Morgan fingerprint density at radius 3 is 2.62 bits per heavy atom. The van der Waals surface area contributed by atoms with Crippen molar-refractivity contribution in [2.45, 2.75) is 39.7 Å². The van der Waals surface area contributed by atoms with E-state index in [1.807, 2.05) is 18.2 Å². The van der Waals surface area contributed by atoms with E-state index in [9.17, 15) is 0 Å². The first-order valence-corrected chi connectivity index (χ1v) is 6.46. The molecule has 0 spiro atoms. The molecular formula is C14H22ClN. The maximum absolute atomic E-state index is 5.96. The van der Waals surface area contributed by atoms with Crippen LogP contribution in [-0.4, -0.2) is 6.54 Å². The van der Waals surface area contributed by atoms with Gasteiger partial charge in [0.25, 0.3) is 0 Å². The Bertz CT molecular complexity index is 309. The summed E-state index contributed by atoms with van der Waals surface area (Å²) in [6, 6.07) is 8.44. The molecular weight excluding hydrogens is 218 g/mol. The Labute approximate surface area is 104 Å². The Balaban J connectivity index is 2.32. The summed E-state index contributed by atoms with van der Waals surface area (Å²) >= 11 is 5.96. The zero-order chi connectivity index (χ0) is 12.0. The first kappa shape index (κ1) is 13.5. The first-order valence-electron chi connectivity index (χ1n) is 6.08. The molecule has 2 heteroatoms. The van der Waals surface area contributed by atoms with Crippen LogP contribution in [0.3, 0.4) is 0 Å². The molecule has 90 valence electrons. The normalized spacial score (nSPS) is 13.1. The van der Waals surface area contributed by atoms with Gasteiger partial charge in [-0.25, -0.2) is 0 Å². The highest BCUT2D eigenvalue weighted by atomic mass is 35.5. The van der Waals surface area contributed by atoms with Crippen LogP contribution in [0.5, 0.6) is 0 Å². The average Bonchev–Trinajstić information content (AvgIpc) is 2.24. The molecule has 1 N–H and O–H groups in total. The minimum absolute atomic E-state index is 0.380. The lowest BCUT2D eigenvalue weighted by Gasteiger charge is -2.15. The highest BCUT2D eigenvalue weighted by Gasteiger charge is 2.04. The summed E-state index contributed by atoms with van der Waals surface area (Å²) in [5.74, 6) is 0.795. The predicted octanol–water partition coefficient (Wildman–Crippen LogP) is 4.43. The molecule has 0 heterocycles. The topological polar surface area (TPSA) is 12.0 Å². The molecule has 0 aromatic heterocycles. The van der Waals surface area contributed by atoms with Crippen molar-refractivity contribution in [2.75, 3.05) is 6.54 Å². The molecule has 0 amide bonds. The van der Waals surface area contributed by atoms with Crippen molar-refractivity contribution in [3.8, 4) is 0 Å². The Morgan fingerprint density at radius 2 is 2.00 bits per heavy atom. The summed E-state index contributed by atoms with van der Waals surface area (Å²) in [4.78, 5) is 0. The number of hydrogen-bond donors (Lipinski definition) is 1. The molecule has 0 bridgehead atoms. The lowest BCUT2D eigenvalue weighted by Crippen LogP contribution is -2.20. The molecule has 0 aliphatic rings. The van der Waals surface area contributed by atoms with Crippen molar-refractivity contribution in [1.29, 1.82) is 0 Å². The largest absolute Gasteiger partial charge is 0.310 e. The second-order valence-corrected chi connectivity index (χ2v) is 5.20. The number of benzene rings is 1. The van der Waals surface area contributed by atoms with Gasteiger partial charge >= 0.3 is 0 Å². The lowest BCUT2D eigenvalue weighted by atomic mass is 10.1. The van der Waals surface area contributed by atoms with Crippen LogP contribution in [0.15, 0.2) is 24.3 Å². The van der Waals surface area contributed by atoms with Gasteiger partial charge in [-0.1, -0.05) is 37.6 Å². The zero-order valence-corrected chi connectivity index (χ0v) is 11.2. The van der Waals surface area contributed by atoms with E-state index in [0.717, 1.165) is 17.5 Å². The van der Waals surface area contributed by atoms with Crippen LogP contribution in [0.4, 0.5) is 0 Å². The molecule has 1 rings (SSSR count). The molecule has 0 fully saturated rings. The van der Waals surface area contributed by atoms with Crippen LogP contribution in [0.25, 0.3) is 0 Å². The molecule has 0 radical (unpaired) electrons. The van der Waals surface area contributed by atoms with Crippen LogP contribution in [-0.2, 0) is 0 Å². The van der Waals surface area contributed by atoms with Gasteiger partial charge in [0.2, 0.25) is 0 Å². The average molecular weight is 240 g/mol. The second-order valence-electron chi connectivity index (χ2n) is 4.77. The quantitative estimate of drug-likeness (QED) is 0.725. The predicted molar refractivity (Wildman–Crippen MR) is 71.9 cm³/mol. The van der Waals surface area contributed by atoms with Gasteiger partial charge in [-0.2, -0.15) is 0 Å². The van der Waals surface area contributed by atoms with E-state index in [1.165, 1.54) is 18.4 Å². The van der Waals surface area contributed by atoms with Crippen LogP contribution in [0.2, 0.25) is 5.02 Å². The van der Waals surface area contributed by atoms with Crippen molar-refractivity contribution < 1.29 is 0 Å². The Kier molecular flexibility index (Phi) is 5.86. The molecule has 1 aromatic rings. The van der Waals surface area contributed by atoms with Gasteiger partial charge in [-0.05, 0) is 49.9 Å². The van der Waals surface area contributed by atoms with Gasteiger partial charge in [-0.3, -0.25) is 0 Å². The van der Waals surface area contributed by atoms with Crippen molar-refractivity contribution in [1.82, 2.24) is 5.32 Å². The summed E-state index contributed by atoms with van der Waals surface area (Å²) in [5.41, 5.74) is 1.26. The molecule has 1 aromatic carbocycles. The van der Waals surface area contributed by atoms with E-state index >= 15 is 0 Å². The van der Waals surface area contributed by atoms with Crippen LogP contribution >= 0.6 is 11.6 Å². The minimum Gasteiger partial charge on any atom is -0.310 e. The van der Waals surface area contributed by atoms with Gasteiger partial charge < -0.3 is 5.32 Å². The van der Waals surface area contributed by atoms with Crippen molar-refractivity contribution in [3.05, 3.63) is 34.9 Å². The monoisotopic (exact) mass is 239 g/mol. The summed E-state index contributed by atoms with van der Waals surface area (Å²) in [6.07, 6.45) is 2.53. The smallest absolute Gasteiger partial charge is 0.0409 e. The van der Waals surface area contributed by atoms with Gasteiger partial charge in [0.15, 0.2) is 0 Å². The zero-order valence-electron chi connectivity index (χ0n) is 10.5. The van der Waals surface area contributed by atoms with Gasteiger partial charge in [0, 0.05) is 11.1 Å². The van der Waals surface area contributed by atoms with E-state index in [4.69, 9.17) is 11.6 Å². The van der Waals surface area contributed by atoms with Crippen LogP contribution in [0.1, 0.15) is 45.2 Å². The van der Waals surface area contributed by atoms with Gasteiger partial charge in [-0.15, -0.1) is 0 Å². The number of rotatable bonds is 6. The third-order valence-corrected chi connectivity index (χ3v) is 2.99. The molecule has 1 unspecified atom stereocenters. The summed E-state index contributed by atoms with van der Waals surface area (Å²) in [5, 5.41) is 4.34. The third-order valence-electron chi connectivity index (χ3n) is 2.76. The Morgan fingerprint density at radius 1 is 1.25 bits per heavy atom. The molecule has 16 heavy (non-hydrogen) atoms. The number of nitrogens with one attached hydrogen (secondary N) is 1. The SMILES string of the molecule is CC(C)CCCNC(C)c1cccc(Cl)c1. The maximum Gasteiger partial charge on any atom is 0.0409 e. The van der Waals surface area contributed by atoms with Crippen molar-refractivity contribution >= 4 is 11.6 Å². The Hall–Kier alpha value is -0.530. The standard InChI is InChI=1S/C14H22ClN/c1-11(2)6-5-9-16-12(3)13-7-4-8-14(15)10-13/h4,7-8,10-12,16H,5-6,9H2,1-3H3. The van der Waals surface area contributed by atoms with E-state index < -0.39 is 0 Å². The van der Waals surface area contributed by atoms with Gasteiger partial charge in [0.05, 0.1) is 0 Å². The highest BCUT2D eigenvalue weighted by molar-refractivity contribution is 6.30. The van der Waals surface area contributed by atoms with Crippen molar-refractivity contribution in [2.24, 2.45) is 5.92 Å². The van der Waals surface area contributed by atoms with Gasteiger partial charge in [0.1, 0.15) is 0 Å². The fourth-order valence-electron chi connectivity index (χ4n) is 1.72. The molecule has 0 saturated carbocycles. The maximum atomic E-state index is 5.96. The second kappa shape index (κ2) is 6.93. The lowest BCUT2D eigenvalue weighted by molar-refractivity contribution is 0.497. The van der Waals surface area contributed by atoms with Crippen LogP contribution < -0.4 is 5.32 Å². The molecule has 0 saturated heterocycles. The third kappa shape index (κ3) is 5.00. The number of hydrogen-bond acceptors (Lipinski definition) is 1. The van der Waals surface area contributed by atoms with Crippen LogP contribution in [0, 0.1) is 5.92 Å². The summed E-state index contributed by atoms with van der Waals surface area (Å²) in [6.45, 7) is 7.79. The first-order chi connectivity index (χ1) is 7.59. The molecule has 0 aliphatic carbocycles. The molecule has 0 aliphatic heterocycles. The van der Waals surface area contributed by atoms with E-state index in [1.54, 1.807) is 0 Å². The summed E-state index contributed by atoms with van der Waals surface area (Å²) in [7, 11) is 0. The number of halogens is 1. The highest BCUT2D eigenvalue weighted by Crippen LogP contribution is 2.17. The van der Waals surface area contributed by atoms with E-state index in [2.05, 4.69) is 32.2 Å². The fraction of sp³-hybridized carbons (Fsp3) is 0.571. The van der Waals surface area contributed by atoms with E-state index in [0.29, 0.717) is 6.04 Å². The molecule has 1 atom stereocenters. The molecule has 1 nitrogen and oxygen atoms in total. The van der Waals surface area contributed by atoms with E-state index in [-0.39, 0.29) is 0 Å². The van der Waals surface area contributed by atoms with Crippen molar-refractivity contribution in [3.63, 3.8) is 0 Å². The minimum atomic E-state index is 0.380.